The number of fused-ring (bicyclic) bond motifs is 1. The van der Waals surface area contributed by atoms with Crippen LogP contribution in [-0.2, 0) is 16.1 Å². The van der Waals surface area contributed by atoms with Crippen LogP contribution in [0.3, 0.4) is 0 Å². The SMILES string of the molecule is C=CCn1c(SCC(=O)NCC(=O)NC(C)C)nc2sc(C)c(C)c2c1=O. The maximum Gasteiger partial charge on any atom is 0.263 e. The summed E-state index contributed by atoms with van der Waals surface area (Å²) in [6, 6.07) is 0.0192. The minimum absolute atomic E-state index is 0.0192. The van der Waals surface area contributed by atoms with Crippen molar-refractivity contribution in [3.63, 3.8) is 0 Å². The number of carbonyl (C=O) groups is 2. The Balaban J connectivity index is 2.14. The first kappa shape index (κ1) is 21.2. The monoisotopic (exact) mass is 408 g/mol. The molecular formula is C18H24N4O3S2. The molecule has 9 heteroatoms. The van der Waals surface area contributed by atoms with Crippen LogP contribution in [0.4, 0.5) is 0 Å². The fourth-order valence-electron chi connectivity index (χ4n) is 2.44. The van der Waals surface area contributed by atoms with Gasteiger partial charge in [0.05, 0.1) is 17.7 Å². The van der Waals surface area contributed by atoms with E-state index in [4.69, 9.17) is 0 Å². The summed E-state index contributed by atoms with van der Waals surface area (Å²) in [7, 11) is 0. The molecule has 0 aromatic carbocycles. The highest BCUT2D eigenvalue weighted by Gasteiger charge is 2.17. The summed E-state index contributed by atoms with van der Waals surface area (Å²) < 4.78 is 1.53. The summed E-state index contributed by atoms with van der Waals surface area (Å²) in [4.78, 5) is 42.8. The van der Waals surface area contributed by atoms with Crippen LogP contribution in [0.25, 0.3) is 10.2 Å². The molecule has 2 aromatic rings. The van der Waals surface area contributed by atoms with Gasteiger partial charge < -0.3 is 10.6 Å². The molecule has 0 aliphatic rings. The fourth-order valence-corrected chi connectivity index (χ4v) is 4.35. The molecule has 2 N–H and O–H groups in total. The molecule has 2 rings (SSSR count). The molecule has 0 saturated carbocycles. The van der Waals surface area contributed by atoms with Gasteiger partial charge in [-0.15, -0.1) is 17.9 Å². The van der Waals surface area contributed by atoms with Crippen molar-refractivity contribution in [2.24, 2.45) is 0 Å². The first-order valence-electron chi connectivity index (χ1n) is 8.54. The lowest BCUT2D eigenvalue weighted by atomic mass is 10.2. The van der Waals surface area contributed by atoms with E-state index in [9.17, 15) is 14.4 Å². The third-order valence-electron chi connectivity index (χ3n) is 3.79. The lowest BCUT2D eigenvalue weighted by molar-refractivity contribution is -0.125. The molecule has 27 heavy (non-hydrogen) atoms. The zero-order chi connectivity index (χ0) is 20.1. The van der Waals surface area contributed by atoms with E-state index in [1.54, 1.807) is 6.08 Å². The number of thiophene rings is 1. The first-order chi connectivity index (χ1) is 12.7. The van der Waals surface area contributed by atoms with Crippen LogP contribution >= 0.6 is 23.1 Å². The molecule has 0 radical (unpaired) electrons. The largest absolute Gasteiger partial charge is 0.352 e. The second-order valence-electron chi connectivity index (χ2n) is 6.35. The molecule has 0 aliphatic heterocycles. The minimum atomic E-state index is -0.294. The lowest BCUT2D eigenvalue weighted by Gasteiger charge is -2.11. The Labute approximate surface area is 166 Å². The average molecular weight is 409 g/mol. The number of hydrogen-bond donors (Lipinski definition) is 2. The van der Waals surface area contributed by atoms with Gasteiger partial charge in [-0.25, -0.2) is 4.98 Å². The van der Waals surface area contributed by atoms with Gasteiger partial charge in [0.15, 0.2) is 5.16 Å². The van der Waals surface area contributed by atoms with Crippen molar-refractivity contribution in [3.05, 3.63) is 33.4 Å². The molecule has 146 valence electrons. The van der Waals surface area contributed by atoms with Crippen LogP contribution in [0.2, 0.25) is 0 Å². The average Bonchev–Trinajstić information content (AvgIpc) is 2.88. The van der Waals surface area contributed by atoms with Crippen molar-refractivity contribution in [1.29, 1.82) is 0 Å². The number of rotatable bonds is 8. The van der Waals surface area contributed by atoms with Crippen molar-refractivity contribution in [2.75, 3.05) is 12.3 Å². The van der Waals surface area contributed by atoms with Gasteiger partial charge in [0.25, 0.3) is 5.56 Å². The number of carbonyl (C=O) groups excluding carboxylic acids is 2. The first-order valence-corrected chi connectivity index (χ1v) is 10.3. The second kappa shape index (κ2) is 9.18. The molecule has 0 aliphatic carbocycles. The Bertz CT molecular complexity index is 931. The maximum absolute atomic E-state index is 12.9. The predicted octanol–water partition coefficient (Wildman–Crippen LogP) is 1.99. The third kappa shape index (κ3) is 5.20. The molecule has 0 unspecified atom stereocenters. The summed E-state index contributed by atoms with van der Waals surface area (Å²) >= 11 is 2.64. The highest BCUT2D eigenvalue weighted by Crippen LogP contribution is 2.28. The van der Waals surface area contributed by atoms with Gasteiger partial charge in [-0.1, -0.05) is 17.8 Å². The van der Waals surface area contributed by atoms with E-state index in [0.29, 0.717) is 21.9 Å². The number of nitrogens with one attached hydrogen (secondary N) is 2. The molecule has 0 bridgehead atoms. The van der Waals surface area contributed by atoms with Gasteiger partial charge in [0.2, 0.25) is 11.8 Å². The van der Waals surface area contributed by atoms with E-state index in [1.165, 1.54) is 27.7 Å². The normalized spacial score (nSPS) is 11.0. The van der Waals surface area contributed by atoms with E-state index in [-0.39, 0.29) is 35.7 Å². The molecule has 0 atom stereocenters. The third-order valence-corrected chi connectivity index (χ3v) is 5.87. The highest BCUT2D eigenvalue weighted by molar-refractivity contribution is 7.99. The number of aromatic nitrogens is 2. The van der Waals surface area contributed by atoms with E-state index < -0.39 is 0 Å². The molecule has 0 fully saturated rings. The van der Waals surface area contributed by atoms with Crippen LogP contribution in [-0.4, -0.2) is 39.7 Å². The number of thioether (sulfide) groups is 1. The highest BCUT2D eigenvalue weighted by atomic mass is 32.2. The van der Waals surface area contributed by atoms with Gasteiger partial charge >= 0.3 is 0 Å². The van der Waals surface area contributed by atoms with Crippen molar-refractivity contribution >= 4 is 45.1 Å². The second-order valence-corrected chi connectivity index (χ2v) is 8.50. The summed E-state index contributed by atoms with van der Waals surface area (Å²) in [6.07, 6.45) is 1.63. The number of allylic oxidation sites excluding steroid dienone is 1. The Hall–Kier alpha value is -2.13. The van der Waals surface area contributed by atoms with Gasteiger partial charge in [0.1, 0.15) is 4.83 Å². The van der Waals surface area contributed by atoms with Crippen molar-refractivity contribution < 1.29 is 9.59 Å². The van der Waals surface area contributed by atoms with E-state index >= 15 is 0 Å². The van der Waals surface area contributed by atoms with Crippen molar-refractivity contribution in [3.8, 4) is 0 Å². The van der Waals surface area contributed by atoms with Crippen molar-refractivity contribution in [2.45, 2.75) is 45.4 Å². The van der Waals surface area contributed by atoms with Crippen LogP contribution in [0.5, 0.6) is 0 Å². The molecule has 2 heterocycles. The summed E-state index contributed by atoms with van der Waals surface area (Å²) in [5.74, 6) is -0.471. The number of hydrogen-bond acceptors (Lipinski definition) is 6. The van der Waals surface area contributed by atoms with Crippen LogP contribution in [0.15, 0.2) is 22.6 Å². The van der Waals surface area contributed by atoms with Gasteiger partial charge in [-0.3, -0.25) is 19.0 Å². The minimum Gasteiger partial charge on any atom is -0.352 e. The number of nitrogens with zero attached hydrogens (tertiary/aromatic N) is 2. The topological polar surface area (TPSA) is 93.1 Å². The summed E-state index contributed by atoms with van der Waals surface area (Å²) in [6.45, 7) is 11.5. The Morgan fingerprint density at radius 2 is 2.04 bits per heavy atom. The van der Waals surface area contributed by atoms with Crippen LogP contribution in [0.1, 0.15) is 24.3 Å². The summed E-state index contributed by atoms with van der Waals surface area (Å²) in [5, 5.41) is 6.37. The molecule has 0 saturated heterocycles. The van der Waals surface area contributed by atoms with Crippen LogP contribution in [0, 0.1) is 13.8 Å². The maximum atomic E-state index is 12.9. The number of aryl methyl sites for hydroxylation is 2. The molecular weight excluding hydrogens is 384 g/mol. The molecule has 7 nitrogen and oxygen atoms in total. The number of amides is 2. The predicted molar refractivity (Wildman–Crippen MR) is 111 cm³/mol. The Morgan fingerprint density at radius 1 is 1.33 bits per heavy atom. The Kier molecular flexibility index (Phi) is 7.20. The lowest BCUT2D eigenvalue weighted by Crippen LogP contribution is -2.40. The van der Waals surface area contributed by atoms with Gasteiger partial charge in [-0.2, -0.15) is 0 Å². The van der Waals surface area contributed by atoms with E-state index in [2.05, 4.69) is 22.2 Å². The fraction of sp³-hybridized carbons (Fsp3) is 0.444. The smallest absolute Gasteiger partial charge is 0.263 e. The van der Waals surface area contributed by atoms with E-state index in [1.807, 2.05) is 27.7 Å². The molecule has 0 spiro atoms. The van der Waals surface area contributed by atoms with Crippen molar-refractivity contribution in [1.82, 2.24) is 20.2 Å². The molecule has 2 aromatic heterocycles. The zero-order valence-electron chi connectivity index (χ0n) is 15.9. The Morgan fingerprint density at radius 3 is 2.67 bits per heavy atom. The van der Waals surface area contributed by atoms with Gasteiger partial charge in [0, 0.05) is 17.5 Å². The zero-order valence-corrected chi connectivity index (χ0v) is 17.6. The standard InChI is InChI=1S/C18H24N4O3S2/c1-6-7-22-17(25)15-11(4)12(5)27-16(15)21-18(22)26-9-14(24)19-8-13(23)20-10(2)3/h6,10H,1,7-9H2,2-5H3,(H,19,24)(H,20,23). The quantitative estimate of drug-likeness (QED) is 0.396. The van der Waals surface area contributed by atoms with Crippen LogP contribution < -0.4 is 16.2 Å². The van der Waals surface area contributed by atoms with Gasteiger partial charge in [-0.05, 0) is 33.3 Å². The summed E-state index contributed by atoms with van der Waals surface area (Å²) in [5.41, 5.74) is 0.816. The molecule has 2 amide bonds. The van der Waals surface area contributed by atoms with E-state index in [0.717, 1.165) is 10.4 Å².